The van der Waals surface area contributed by atoms with Crippen LogP contribution in [0.4, 0.5) is 11.8 Å². The van der Waals surface area contributed by atoms with Gasteiger partial charge in [0.2, 0.25) is 11.9 Å². The molecule has 1 fully saturated rings. The Hall–Kier alpha value is -1.65. The van der Waals surface area contributed by atoms with E-state index in [4.69, 9.17) is 5.73 Å². The second kappa shape index (κ2) is 3.84. The van der Waals surface area contributed by atoms with Crippen molar-refractivity contribution in [1.29, 1.82) is 0 Å². The molecule has 2 rings (SSSR count). The molecule has 0 saturated carbocycles. The molecule has 0 unspecified atom stereocenters. The van der Waals surface area contributed by atoms with Gasteiger partial charge in [0.15, 0.2) is 0 Å². The first-order chi connectivity index (χ1) is 7.16. The number of carbonyl (C=O) groups is 1. The molecular weight excluding hydrogens is 192 g/mol. The Kier molecular flexibility index (Phi) is 2.53. The smallest absolute Gasteiger partial charge is 0.228 e. The van der Waals surface area contributed by atoms with Gasteiger partial charge in [-0.05, 0) is 19.8 Å². The van der Waals surface area contributed by atoms with Gasteiger partial charge in [-0.25, -0.2) is 4.98 Å². The van der Waals surface area contributed by atoms with E-state index in [1.54, 1.807) is 11.0 Å². The van der Waals surface area contributed by atoms with E-state index in [0.29, 0.717) is 12.2 Å². The van der Waals surface area contributed by atoms with Gasteiger partial charge < -0.3 is 5.73 Å². The Balaban J connectivity index is 2.31. The van der Waals surface area contributed by atoms with Gasteiger partial charge in [-0.15, -0.1) is 0 Å². The molecule has 0 spiro atoms. The standard InChI is InChI=1S/C10H14N4O/c1-7-6-8(13-10(11)12-7)14-5-3-2-4-9(14)15/h6H,2-5H2,1H3,(H2,11,12,13). The van der Waals surface area contributed by atoms with Crippen LogP contribution in [0.3, 0.4) is 0 Å². The van der Waals surface area contributed by atoms with E-state index in [-0.39, 0.29) is 11.9 Å². The highest BCUT2D eigenvalue weighted by molar-refractivity contribution is 5.93. The van der Waals surface area contributed by atoms with Crippen molar-refractivity contribution in [3.8, 4) is 0 Å². The van der Waals surface area contributed by atoms with Crippen LogP contribution >= 0.6 is 0 Å². The Morgan fingerprint density at radius 2 is 2.20 bits per heavy atom. The highest BCUT2D eigenvalue weighted by Crippen LogP contribution is 2.19. The number of hydrogen-bond acceptors (Lipinski definition) is 4. The lowest BCUT2D eigenvalue weighted by atomic mass is 10.1. The van der Waals surface area contributed by atoms with Crippen molar-refractivity contribution in [3.63, 3.8) is 0 Å². The predicted octanol–water partition coefficient (Wildman–Crippen LogP) is 0.884. The van der Waals surface area contributed by atoms with Gasteiger partial charge in [0.25, 0.3) is 0 Å². The Morgan fingerprint density at radius 1 is 1.40 bits per heavy atom. The first-order valence-electron chi connectivity index (χ1n) is 5.08. The van der Waals surface area contributed by atoms with E-state index < -0.39 is 0 Å². The van der Waals surface area contributed by atoms with Gasteiger partial charge in [0.1, 0.15) is 5.82 Å². The number of amides is 1. The maximum atomic E-state index is 11.6. The van der Waals surface area contributed by atoms with Crippen LogP contribution in [0.1, 0.15) is 25.0 Å². The van der Waals surface area contributed by atoms with Gasteiger partial charge in [0.05, 0.1) is 0 Å². The van der Waals surface area contributed by atoms with E-state index >= 15 is 0 Å². The van der Waals surface area contributed by atoms with Gasteiger partial charge in [-0.2, -0.15) is 4.98 Å². The number of nitrogen functional groups attached to an aromatic ring is 1. The number of nitrogens with two attached hydrogens (primary N) is 1. The zero-order valence-electron chi connectivity index (χ0n) is 8.73. The van der Waals surface area contributed by atoms with Crippen LogP contribution in [-0.2, 0) is 4.79 Å². The van der Waals surface area contributed by atoms with E-state index in [9.17, 15) is 4.79 Å². The van der Waals surface area contributed by atoms with Crippen molar-refractivity contribution in [2.75, 3.05) is 17.2 Å². The minimum Gasteiger partial charge on any atom is -0.368 e. The van der Waals surface area contributed by atoms with E-state index in [0.717, 1.165) is 25.1 Å². The Bertz CT molecular complexity index is 371. The second-order valence-electron chi connectivity index (χ2n) is 3.73. The van der Waals surface area contributed by atoms with Crippen LogP contribution in [0.25, 0.3) is 0 Å². The van der Waals surface area contributed by atoms with Crippen molar-refractivity contribution in [3.05, 3.63) is 11.8 Å². The first-order valence-corrected chi connectivity index (χ1v) is 5.08. The third kappa shape index (κ3) is 2.06. The normalized spacial score (nSPS) is 16.9. The van der Waals surface area contributed by atoms with Crippen LogP contribution in [0.2, 0.25) is 0 Å². The molecule has 0 atom stereocenters. The zero-order chi connectivity index (χ0) is 10.8. The number of anilines is 2. The molecule has 1 aliphatic rings. The number of rotatable bonds is 1. The number of hydrogen-bond donors (Lipinski definition) is 1. The summed E-state index contributed by atoms with van der Waals surface area (Å²) in [5, 5.41) is 0. The number of aryl methyl sites for hydroxylation is 1. The van der Waals surface area contributed by atoms with Crippen molar-refractivity contribution in [2.24, 2.45) is 0 Å². The Morgan fingerprint density at radius 3 is 2.87 bits per heavy atom. The average Bonchev–Trinajstić information content (AvgIpc) is 2.16. The topological polar surface area (TPSA) is 72.1 Å². The third-order valence-corrected chi connectivity index (χ3v) is 2.46. The van der Waals surface area contributed by atoms with Crippen molar-refractivity contribution >= 4 is 17.7 Å². The van der Waals surface area contributed by atoms with Gasteiger partial charge in [-0.3, -0.25) is 9.69 Å². The summed E-state index contributed by atoms with van der Waals surface area (Å²) >= 11 is 0. The molecule has 15 heavy (non-hydrogen) atoms. The molecule has 0 aliphatic carbocycles. The fourth-order valence-corrected chi connectivity index (χ4v) is 1.76. The van der Waals surface area contributed by atoms with Crippen LogP contribution in [0.15, 0.2) is 6.07 Å². The molecule has 1 amide bonds. The SMILES string of the molecule is Cc1cc(N2CCCCC2=O)nc(N)n1. The summed E-state index contributed by atoms with van der Waals surface area (Å²) in [7, 11) is 0. The molecule has 2 N–H and O–H groups in total. The molecule has 1 saturated heterocycles. The lowest BCUT2D eigenvalue weighted by molar-refractivity contribution is -0.119. The largest absolute Gasteiger partial charge is 0.368 e. The molecule has 1 aromatic heterocycles. The molecule has 0 bridgehead atoms. The molecule has 0 aromatic carbocycles. The molecule has 0 radical (unpaired) electrons. The predicted molar refractivity (Wildman–Crippen MR) is 57.4 cm³/mol. The van der Waals surface area contributed by atoms with Crippen LogP contribution in [0.5, 0.6) is 0 Å². The van der Waals surface area contributed by atoms with E-state index in [2.05, 4.69) is 9.97 Å². The van der Waals surface area contributed by atoms with Gasteiger partial charge >= 0.3 is 0 Å². The number of aromatic nitrogens is 2. The summed E-state index contributed by atoms with van der Waals surface area (Å²) in [6, 6.07) is 1.79. The molecular formula is C10H14N4O. The highest BCUT2D eigenvalue weighted by Gasteiger charge is 2.21. The fourth-order valence-electron chi connectivity index (χ4n) is 1.76. The molecule has 2 heterocycles. The highest BCUT2D eigenvalue weighted by atomic mass is 16.2. The molecule has 80 valence electrons. The summed E-state index contributed by atoms with van der Waals surface area (Å²) in [5.41, 5.74) is 6.34. The molecule has 5 nitrogen and oxygen atoms in total. The fraction of sp³-hybridized carbons (Fsp3) is 0.500. The van der Waals surface area contributed by atoms with Crippen LogP contribution in [0, 0.1) is 6.92 Å². The van der Waals surface area contributed by atoms with Crippen molar-refractivity contribution < 1.29 is 4.79 Å². The maximum Gasteiger partial charge on any atom is 0.228 e. The maximum absolute atomic E-state index is 11.6. The molecule has 5 heteroatoms. The van der Waals surface area contributed by atoms with Crippen LogP contribution < -0.4 is 10.6 Å². The van der Waals surface area contributed by atoms with Gasteiger partial charge in [0, 0.05) is 24.7 Å². The number of carbonyl (C=O) groups excluding carboxylic acids is 1. The second-order valence-corrected chi connectivity index (χ2v) is 3.73. The summed E-state index contributed by atoms with van der Waals surface area (Å²) in [4.78, 5) is 21.4. The van der Waals surface area contributed by atoms with Crippen molar-refractivity contribution in [1.82, 2.24) is 9.97 Å². The first kappa shape index (κ1) is 9.89. The number of nitrogens with zero attached hydrogens (tertiary/aromatic N) is 3. The monoisotopic (exact) mass is 206 g/mol. The molecule has 1 aromatic rings. The average molecular weight is 206 g/mol. The third-order valence-electron chi connectivity index (χ3n) is 2.46. The summed E-state index contributed by atoms with van der Waals surface area (Å²) < 4.78 is 0. The van der Waals surface area contributed by atoms with E-state index in [1.165, 1.54) is 0 Å². The van der Waals surface area contributed by atoms with Gasteiger partial charge in [-0.1, -0.05) is 0 Å². The quantitative estimate of drug-likeness (QED) is 0.740. The summed E-state index contributed by atoms with van der Waals surface area (Å²) in [5.74, 6) is 0.979. The minimum atomic E-state index is 0.124. The lowest BCUT2D eigenvalue weighted by Gasteiger charge is -2.25. The van der Waals surface area contributed by atoms with Crippen LogP contribution in [-0.4, -0.2) is 22.4 Å². The number of piperidine rings is 1. The zero-order valence-corrected chi connectivity index (χ0v) is 8.73. The minimum absolute atomic E-state index is 0.124. The summed E-state index contributed by atoms with van der Waals surface area (Å²) in [6.07, 6.45) is 2.59. The molecule has 1 aliphatic heterocycles. The Labute approximate surface area is 88.3 Å². The van der Waals surface area contributed by atoms with Crippen molar-refractivity contribution in [2.45, 2.75) is 26.2 Å². The lowest BCUT2D eigenvalue weighted by Crippen LogP contribution is -2.36. The van der Waals surface area contributed by atoms with E-state index in [1.807, 2.05) is 6.92 Å². The summed E-state index contributed by atoms with van der Waals surface area (Å²) in [6.45, 7) is 2.57.